The Labute approximate surface area is 95.4 Å². The van der Waals surface area contributed by atoms with Gasteiger partial charge in [0.05, 0.1) is 12.6 Å². The second kappa shape index (κ2) is 7.70. The first-order valence-corrected chi connectivity index (χ1v) is 6.07. The Balaban J connectivity index is 2.28. The molecular weight excluding hydrogens is 208 g/mol. The number of nitrogens with two attached hydrogens (primary N) is 1. The number of ether oxygens (including phenoxy) is 1. The van der Waals surface area contributed by atoms with Gasteiger partial charge in [-0.3, -0.25) is 11.3 Å². The van der Waals surface area contributed by atoms with E-state index in [0.717, 1.165) is 12.4 Å². The molecule has 0 bridgehead atoms. The molecule has 15 heavy (non-hydrogen) atoms. The third kappa shape index (κ3) is 5.18. The highest BCUT2D eigenvalue weighted by molar-refractivity contribution is 7.99. The van der Waals surface area contributed by atoms with Crippen molar-refractivity contribution in [1.29, 1.82) is 0 Å². The quantitative estimate of drug-likeness (QED) is 0.421. The Hall–Kier alpha value is -0.550. The lowest BCUT2D eigenvalue weighted by atomic mass is 10.4. The van der Waals surface area contributed by atoms with Gasteiger partial charge in [-0.2, -0.15) is 0 Å². The summed E-state index contributed by atoms with van der Waals surface area (Å²) in [5, 5.41) is 0. The molecule has 4 heteroatoms. The molecule has 0 aliphatic heterocycles. The van der Waals surface area contributed by atoms with Crippen LogP contribution in [0.3, 0.4) is 0 Å². The Bertz CT molecular complexity index is 256. The summed E-state index contributed by atoms with van der Waals surface area (Å²) in [6, 6.07) is 10.5. The van der Waals surface area contributed by atoms with Gasteiger partial charge in [0.15, 0.2) is 0 Å². The summed E-state index contributed by atoms with van der Waals surface area (Å²) in [6.45, 7) is 3.37. The molecule has 0 fully saturated rings. The molecule has 0 saturated heterocycles. The Morgan fingerprint density at radius 1 is 1.40 bits per heavy atom. The minimum absolute atomic E-state index is 0.204. The van der Waals surface area contributed by atoms with Gasteiger partial charge in [0.25, 0.3) is 0 Å². The summed E-state index contributed by atoms with van der Waals surface area (Å²) in [7, 11) is 0. The molecule has 0 aromatic heterocycles. The summed E-state index contributed by atoms with van der Waals surface area (Å²) in [4.78, 5) is 1.26. The van der Waals surface area contributed by atoms with E-state index in [1.165, 1.54) is 4.90 Å². The highest BCUT2D eigenvalue weighted by Crippen LogP contribution is 2.17. The SMILES string of the molecule is CCOCC(CSc1ccccc1)NN. The first-order chi connectivity index (χ1) is 7.36. The van der Waals surface area contributed by atoms with Gasteiger partial charge in [-0.05, 0) is 19.1 Å². The van der Waals surface area contributed by atoms with E-state index in [2.05, 4.69) is 17.6 Å². The molecular formula is C11H18N2OS. The Kier molecular flexibility index (Phi) is 6.43. The molecule has 0 radical (unpaired) electrons. The van der Waals surface area contributed by atoms with Gasteiger partial charge >= 0.3 is 0 Å². The lowest BCUT2D eigenvalue weighted by Crippen LogP contribution is -2.40. The average molecular weight is 226 g/mol. The van der Waals surface area contributed by atoms with Crippen molar-refractivity contribution in [3.8, 4) is 0 Å². The van der Waals surface area contributed by atoms with Crippen LogP contribution >= 0.6 is 11.8 Å². The molecule has 1 unspecified atom stereocenters. The first-order valence-electron chi connectivity index (χ1n) is 5.08. The van der Waals surface area contributed by atoms with E-state index in [1.807, 2.05) is 25.1 Å². The van der Waals surface area contributed by atoms with Crippen LogP contribution in [0.5, 0.6) is 0 Å². The standard InChI is InChI=1S/C11H18N2OS/c1-2-14-8-10(13-12)9-15-11-6-4-3-5-7-11/h3-7,10,13H,2,8-9,12H2,1H3. The number of rotatable bonds is 7. The van der Waals surface area contributed by atoms with Gasteiger partial charge in [-0.15, -0.1) is 11.8 Å². The maximum atomic E-state index is 5.43. The third-order valence-electron chi connectivity index (χ3n) is 1.95. The predicted molar refractivity (Wildman–Crippen MR) is 64.8 cm³/mol. The van der Waals surface area contributed by atoms with Gasteiger partial charge < -0.3 is 4.74 Å². The smallest absolute Gasteiger partial charge is 0.0641 e. The summed E-state index contributed by atoms with van der Waals surface area (Å²) in [5.74, 6) is 6.35. The largest absolute Gasteiger partial charge is 0.380 e. The van der Waals surface area contributed by atoms with Crippen molar-refractivity contribution in [2.75, 3.05) is 19.0 Å². The zero-order valence-corrected chi connectivity index (χ0v) is 9.80. The van der Waals surface area contributed by atoms with Crippen molar-refractivity contribution >= 4 is 11.8 Å². The van der Waals surface area contributed by atoms with Crippen LogP contribution in [0.2, 0.25) is 0 Å². The number of thioether (sulfide) groups is 1. The normalized spacial score (nSPS) is 12.7. The molecule has 0 spiro atoms. The monoisotopic (exact) mass is 226 g/mol. The maximum absolute atomic E-state index is 5.43. The molecule has 1 atom stereocenters. The molecule has 0 amide bonds. The van der Waals surface area contributed by atoms with Crippen LogP contribution in [0.1, 0.15) is 6.92 Å². The summed E-state index contributed by atoms with van der Waals surface area (Å²) < 4.78 is 5.32. The zero-order chi connectivity index (χ0) is 10.9. The van der Waals surface area contributed by atoms with Crippen molar-refractivity contribution in [2.45, 2.75) is 17.9 Å². The van der Waals surface area contributed by atoms with Crippen LogP contribution in [0.15, 0.2) is 35.2 Å². The average Bonchev–Trinajstić information content (AvgIpc) is 2.31. The van der Waals surface area contributed by atoms with Crippen LogP contribution in [0, 0.1) is 0 Å². The highest BCUT2D eigenvalue weighted by atomic mass is 32.2. The molecule has 0 saturated carbocycles. The number of benzene rings is 1. The topological polar surface area (TPSA) is 47.3 Å². The van der Waals surface area contributed by atoms with E-state index >= 15 is 0 Å². The van der Waals surface area contributed by atoms with Gasteiger partial charge in [-0.1, -0.05) is 18.2 Å². The van der Waals surface area contributed by atoms with E-state index in [-0.39, 0.29) is 6.04 Å². The minimum Gasteiger partial charge on any atom is -0.380 e. The lowest BCUT2D eigenvalue weighted by molar-refractivity contribution is 0.129. The van der Waals surface area contributed by atoms with Crippen LogP contribution in [-0.2, 0) is 4.74 Å². The van der Waals surface area contributed by atoms with Crippen molar-refractivity contribution in [3.63, 3.8) is 0 Å². The molecule has 84 valence electrons. The second-order valence-electron chi connectivity index (χ2n) is 3.15. The minimum atomic E-state index is 0.204. The fraction of sp³-hybridized carbons (Fsp3) is 0.455. The molecule has 1 aromatic carbocycles. The van der Waals surface area contributed by atoms with E-state index in [4.69, 9.17) is 10.6 Å². The number of hydrazine groups is 1. The van der Waals surface area contributed by atoms with Gasteiger partial charge in [-0.25, -0.2) is 0 Å². The van der Waals surface area contributed by atoms with Crippen LogP contribution in [-0.4, -0.2) is 25.0 Å². The summed E-state index contributed by atoms with van der Waals surface area (Å²) in [5.41, 5.74) is 2.76. The molecule has 3 N–H and O–H groups in total. The third-order valence-corrected chi connectivity index (χ3v) is 3.13. The molecule has 1 rings (SSSR count). The summed E-state index contributed by atoms with van der Waals surface area (Å²) in [6.07, 6.45) is 0. The molecule has 0 aliphatic rings. The van der Waals surface area contributed by atoms with Crippen LogP contribution in [0.4, 0.5) is 0 Å². The van der Waals surface area contributed by atoms with E-state index in [0.29, 0.717) is 6.61 Å². The van der Waals surface area contributed by atoms with Gasteiger partial charge in [0, 0.05) is 17.3 Å². The Morgan fingerprint density at radius 2 is 2.13 bits per heavy atom. The zero-order valence-electron chi connectivity index (χ0n) is 8.98. The van der Waals surface area contributed by atoms with E-state index in [1.54, 1.807) is 11.8 Å². The van der Waals surface area contributed by atoms with E-state index in [9.17, 15) is 0 Å². The van der Waals surface area contributed by atoms with Gasteiger partial charge in [0.2, 0.25) is 0 Å². The highest BCUT2D eigenvalue weighted by Gasteiger charge is 2.06. The van der Waals surface area contributed by atoms with Crippen LogP contribution in [0.25, 0.3) is 0 Å². The number of hydrogen-bond donors (Lipinski definition) is 2. The maximum Gasteiger partial charge on any atom is 0.0641 e. The lowest BCUT2D eigenvalue weighted by Gasteiger charge is -2.14. The molecule has 3 nitrogen and oxygen atoms in total. The number of hydrogen-bond acceptors (Lipinski definition) is 4. The second-order valence-corrected chi connectivity index (χ2v) is 4.24. The van der Waals surface area contributed by atoms with Gasteiger partial charge in [0.1, 0.15) is 0 Å². The first kappa shape index (κ1) is 12.5. The van der Waals surface area contributed by atoms with Crippen molar-refractivity contribution in [3.05, 3.63) is 30.3 Å². The van der Waals surface area contributed by atoms with Crippen molar-refractivity contribution in [1.82, 2.24) is 5.43 Å². The summed E-state index contributed by atoms with van der Waals surface area (Å²) >= 11 is 1.78. The Morgan fingerprint density at radius 3 is 2.73 bits per heavy atom. The van der Waals surface area contributed by atoms with Crippen molar-refractivity contribution in [2.24, 2.45) is 5.84 Å². The fourth-order valence-electron chi connectivity index (χ4n) is 1.12. The molecule has 1 aromatic rings. The van der Waals surface area contributed by atoms with Crippen LogP contribution < -0.4 is 11.3 Å². The predicted octanol–water partition coefficient (Wildman–Crippen LogP) is 1.65. The van der Waals surface area contributed by atoms with E-state index < -0.39 is 0 Å². The number of nitrogens with one attached hydrogen (secondary N) is 1. The molecule has 0 heterocycles. The van der Waals surface area contributed by atoms with Crippen molar-refractivity contribution < 1.29 is 4.74 Å². The molecule has 0 aliphatic carbocycles. The fourth-order valence-corrected chi connectivity index (χ4v) is 2.05.